The van der Waals surface area contributed by atoms with Crippen LogP contribution in [0.2, 0.25) is 0 Å². The van der Waals surface area contributed by atoms with E-state index in [2.05, 4.69) is 19.8 Å². The van der Waals surface area contributed by atoms with Crippen LogP contribution in [0.25, 0.3) is 5.57 Å². The van der Waals surface area contributed by atoms with Gasteiger partial charge in [0.05, 0.1) is 12.2 Å². The minimum atomic E-state index is -4.86. The maximum atomic E-state index is 10.8. The lowest BCUT2D eigenvalue weighted by Gasteiger charge is -2.31. The fourth-order valence-corrected chi connectivity index (χ4v) is 3.41. The third-order valence-electron chi connectivity index (χ3n) is 4.76. The molecule has 3 aromatic rings. The molecule has 0 aromatic carbocycles. The molecule has 1 aliphatic heterocycles. The Kier molecular flexibility index (Phi) is 7.02. The second kappa shape index (κ2) is 10.1. The first-order valence-electron chi connectivity index (χ1n) is 9.96. The predicted octanol–water partition coefficient (Wildman–Crippen LogP) is 0.868. The number of pyridine rings is 1. The van der Waals surface area contributed by atoms with E-state index in [1.807, 2.05) is 18.3 Å². The van der Waals surface area contributed by atoms with E-state index >= 15 is 0 Å². The molecule has 0 aliphatic carbocycles. The summed E-state index contributed by atoms with van der Waals surface area (Å²) in [6.45, 7) is 0.650. The van der Waals surface area contributed by atoms with E-state index in [-0.39, 0.29) is 0 Å². The Hall–Kier alpha value is -3.28. The number of hydrogen-bond acceptors (Lipinski definition) is 10. The van der Waals surface area contributed by atoms with Crippen molar-refractivity contribution in [2.24, 2.45) is 5.73 Å². The molecule has 1 aliphatic rings. The van der Waals surface area contributed by atoms with E-state index in [0.717, 1.165) is 5.56 Å². The second-order valence-electron chi connectivity index (χ2n) is 7.13. The third kappa shape index (κ3) is 6.37. The van der Waals surface area contributed by atoms with E-state index in [0.29, 0.717) is 42.5 Å². The van der Waals surface area contributed by atoms with Crippen molar-refractivity contribution in [1.29, 1.82) is 0 Å². The number of phosphoric ester groups is 1. The molecule has 4 rings (SSSR count). The van der Waals surface area contributed by atoms with Crippen molar-refractivity contribution in [2.75, 3.05) is 13.3 Å². The van der Waals surface area contributed by atoms with Gasteiger partial charge in [-0.15, -0.1) is 0 Å². The van der Waals surface area contributed by atoms with Crippen molar-refractivity contribution >= 4 is 13.4 Å². The Balaban J connectivity index is 1.32. The van der Waals surface area contributed by atoms with Gasteiger partial charge in [-0.05, 0) is 17.7 Å². The molecule has 2 unspecified atom stereocenters. The number of aromatic nitrogens is 4. The molecule has 0 amide bonds. The molecule has 0 saturated carbocycles. The molecule has 33 heavy (non-hydrogen) atoms. The van der Waals surface area contributed by atoms with Gasteiger partial charge in [0.1, 0.15) is 19.5 Å². The monoisotopic (exact) mass is 473 g/mol. The fraction of sp³-hybridized carbons (Fsp3) is 0.250. The summed E-state index contributed by atoms with van der Waals surface area (Å²) in [5.41, 5.74) is 8.34. The Morgan fingerprint density at radius 2 is 2.24 bits per heavy atom. The molecule has 13 heteroatoms. The zero-order chi connectivity index (χ0) is 23.3. The SMILES string of the molecule is NC1C(c2cc(Cc3ccc(OCCn4cccn4)nc3)no2)=CC=CN1COP(=O)([O-])O. The smallest absolute Gasteiger partial charge is 0.266 e. The van der Waals surface area contributed by atoms with E-state index < -0.39 is 20.7 Å². The first-order valence-corrected chi connectivity index (χ1v) is 11.5. The number of ether oxygens (including phenoxy) is 1. The van der Waals surface area contributed by atoms with Gasteiger partial charge in [0.2, 0.25) is 5.88 Å². The van der Waals surface area contributed by atoms with Crippen LogP contribution in [0.1, 0.15) is 17.0 Å². The highest BCUT2D eigenvalue weighted by Crippen LogP contribution is 2.32. The Bertz CT molecular complexity index is 1150. The minimum absolute atomic E-state index is 0.435. The Labute approximate surface area is 189 Å². The molecule has 0 bridgehead atoms. The summed E-state index contributed by atoms with van der Waals surface area (Å²) in [6.07, 6.45) is 9.97. The van der Waals surface area contributed by atoms with Crippen LogP contribution in [0.3, 0.4) is 0 Å². The quantitative estimate of drug-likeness (QED) is 0.401. The molecule has 174 valence electrons. The lowest BCUT2D eigenvalue weighted by atomic mass is 10.1. The van der Waals surface area contributed by atoms with Gasteiger partial charge in [0.25, 0.3) is 7.82 Å². The molecule has 4 heterocycles. The number of nitrogens with zero attached hydrogens (tertiary/aromatic N) is 5. The number of allylic oxidation sites excluding steroid dienone is 2. The zero-order valence-electron chi connectivity index (χ0n) is 17.4. The van der Waals surface area contributed by atoms with Gasteiger partial charge < -0.3 is 29.7 Å². The number of rotatable bonds is 10. The van der Waals surface area contributed by atoms with E-state index in [1.54, 1.807) is 47.6 Å². The van der Waals surface area contributed by atoms with Crippen LogP contribution in [-0.2, 0) is 22.1 Å². The highest BCUT2D eigenvalue weighted by molar-refractivity contribution is 7.44. The summed E-state index contributed by atoms with van der Waals surface area (Å²) in [5, 5.41) is 8.20. The molecule has 2 atom stereocenters. The first kappa shape index (κ1) is 22.9. The van der Waals surface area contributed by atoms with Gasteiger partial charge in [-0.25, -0.2) is 4.98 Å². The average Bonchev–Trinajstić information content (AvgIpc) is 3.46. The van der Waals surface area contributed by atoms with Crippen molar-refractivity contribution in [3.63, 3.8) is 0 Å². The van der Waals surface area contributed by atoms with E-state index in [9.17, 15) is 9.46 Å². The van der Waals surface area contributed by atoms with Gasteiger partial charge in [-0.2, -0.15) is 5.10 Å². The molecule has 3 aromatic heterocycles. The van der Waals surface area contributed by atoms with Gasteiger partial charge in [-0.3, -0.25) is 13.8 Å². The average molecular weight is 473 g/mol. The fourth-order valence-electron chi connectivity index (χ4n) is 3.14. The molecular formula is C20H22N6O6P-. The summed E-state index contributed by atoms with van der Waals surface area (Å²) >= 11 is 0. The topological polar surface area (TPSA) is 165 Å². The lowest BCUT2D eigenvalue weighted by Crippen LogP contribution is -2.41. The summed E-state index contributed by atoms with van der Waals surface area (Å²) in [7, 11) is -4.86. The van der Waals surface area contributed by atoms with Crippen LogP contribution in [0.5, 0.6) is 5.88 Å². The Morgan fingerprint density at radius 3 is 2.97 bits per heavy atom. The van der Waals surface area contributed by atoms with Crippen LogP contribution >= 0.6 is 7.82 Å². The van der Waals surface area contributed by atoms with Gasteiger partial charge >= 0.3 is 0 Å². The zero-order valence-corrected chi connectivity index (χ0v) is 18.3. The Morgan fingerprint density at radius 1 is 1.36 bits per heavy atom. The van der Waals surface area contributed by atoms with Gasteiger partial charge in [0.15, 0.2) is 5.76 Å². The number of phosphoric acid groups is 1. The molecule has 0 saturated heterocycles. The normalized spacial score (nSPS) is 17.6. The van der Waals surface area contributed by atoms with Gasteiger partial charge in [-0.1, -0.05) is 17.3 Å². The van der Waals surface area contributed by atoms with Crippen molar-refractivity contribution in [1.82, 2.24) is 24.8 Å². The summed E-state index contributed by atoms with van der Waals surface area (Å²) in [5.74, 6) is 0.956. The molecular weight excluding hydrogens is 451 g/mol. The van der Waals surface area contributed by atoms with Gasteiger partial charge in [0, 0.05) is 48.9 Å². The van der Waals surface area contributed by atoms with E-state index in [1.165, 1.54) is 4.90 Å². The van der Waals surface area contributed by atoms with Crippen molar-refractivity contribution in [3.05, 3.63) is 78.2 Å². The van der Waals surface area contributed by atoms with Crippen molar-refractivity contribution in [3.8, 4) is 5.88 Å². The van der Waals surface area contributed by atoms with Crippen LogP contribution in [0, 0.1) is 0 Å². The lowest BCUT2D eigenvalue weighted by molar-refractivity contribution is -0.222. The van der Waals surface area contributed by atoms with E-state index in [4.69, 9.17) is 19.9 Å². The summed E-state index contributed by atoms with van der Waals surface area (Å²) < 4.78 is 28.1. The molecule has 0 spiro atoms. The largest absolute Gasteiger partial charge is 0.756 e. The van der Waals surface area contributed by atoms with Crippen LogP contribution in [-0.4, -0.2) is 49.2 Å². The van der Waals surface area contributed by atoms with Crippen molar-refractivity contribution < 1.29 is 28.1 Å². The van der Waals surface area contributed by atoms with Crippen molar-refractivity contribution in [2.45, 2.75) is 19.1 Å². The van der Waals surface area contributed by atoms with Crippen LogP contribution < -0.4 is 15.4 Å². The molecule has 12 nitrogen and oxygen atoms in total. The first-order chi connectivity index (χ1) is 15.9. The molecule has 0 radical (unpaired) electrons. The highest BCUT2D eigenvalue weighted by atomic mass is 31.2. The summed E-state index contributed by atoms with van der Waals surface area (Å²) in [6, 6.07) is 7.29. The minimum Gasteiger partial charge on any atom is -0.756 e. The number of hydrogen-bond donors (Lipinski definition) is 2. The second-order valence-corrected chi connectivity index (χ2v) is 8.33. The standard InChI is InChI=1S/C20H23N6O6P/c21-20-17(3-1-7-25(20)14-31-33(27,28)29)18-12-16(24-32-18)11-15-4-5-19(22-13-15)30-10-9-26-8-2-6-23-26/h1-8,12-13,20H,9-11,14,21H2,(H2,27,28,29)/p-1. The maximum absolute atomic E-state index is 10.8. The summed E-state index contributed by atoms with van der Waals surface area (Å²) in [4.78, 5) is 25.3. The highest BCUT2D eigenvalue weighted by Gasteiger charge is 2.24. The third-order valence-corrected chi connectivity index (χ3v) is 5.20. The van der Waals surface area contributed by atoms with Crippen LogP contribution in [0.15, 0.2) is 65.7 Å². The predicted molar refractivity (Wildman–Crippen MR) is 114 cm³/mol. The maximum Gasteiger partial charge on any atom is 0.266 e. The van der Waals surface area contributed by atoms with Crippen LogP contribution in [0.4, 0.5) is 0 Å². The molecule has 3 N–H and O–H groups in total. The number of nitrogens with two attached hydrogens (primary N) is 1. The molecule has 0 fully saturated rings.